The lowest BCUT2D eigenvalue weighted by molar-refractivity contribution is 0.0941. The summed E-state index contributed by atoms with van der Waals surface area (Å²) in [6.45, 7) is 3.47. The summed E-state index contributed by atoms with van der Waals surface area (Å²) in [5, 5.41) is 11.8. The molecule has 6 aromatic rings. The van der Waals surface area contributed by atoms with Gasteiger partial charge in [0.15, 0.2) is 11.5 Å². The van der Waals surface area contributed by atoms with Crippen molar-refractivity contribution >= 4 is 28.1 Å². The molecule has 0 fully saturated rings. The molecule has 4 heterocycles. The highest BCUT2D eigenvalue weighted by Gasteiger charge is 2.24. The number of para-hydroxylation sites is 1. The Morgan fingerprint density at radius 2 is 1.93 bits per heavy atom. The maximum Gasteiger partial charge on any atom is 0.264 e. The van der Waals surface area contributed by atoms with E-state index in [2.05, 4.69) is 32.3 Å². The molecule has 0 aliphatic heterocycles. The predicted octanol–water partition coefficient (Wildman–Crippen LogP) is 3.55. The van der Waals surface area contributed by atoms with Gasteiger partial charge in [-0.25, -0.2) is 9.50 Å². The highest BCUT2D eigenvalue weighted by Crippen LogP contribution is 2.24. The number of hydrogen-bond donors (Lipinski definition) is 2. The molecule has 0 aliphatic rings. The van der Waals surface area contributed by atoms with E-state index in [9.17, 15) is 9.59 Å². The number of rotatable bonds is 4. The lowest BCUT2D eigenvalue weighted by Crippen LogP contribution is -2.32. The molecule has 0 radical (unpaired) electrons. The standard InChI is InChI=1S/C31H26N8O2/c1-19(35-30(40)27-28(32)36-38-16-8-15-33-29(27)38)25-17-22-10-7-9-21(13-14-23-18-34-37(3)20(23)2)26(22)31(41)39(25)24-11-5-4-6-12-24/h4-12,15-19H,1-3H3,(H2,32,36)(H,35,40)/t19-/m0/s1/i4D,5D,6D,11D,12D. The molecule has 3 N–H and O–H groups in total. The number of nitrogen functional groups attached to an aromatic ring is 1. The van der Waals surface area contributed by atoms with Crippen molar-refractivity contribution in [2.75, 3.05) is 5.73 Å². The van der Waals surface area contributed by atoms with Gasteiger partial charge in [-0.2, -0.15) is 5.10 Å². The Hall–Kier alpha value is -5.69. The minimum Gasteiger partial charge on any atom is -0.381 e. The van der Waals surface area contributed by atoms with Crippen molar-refractivity contribution in [1.82, 2.24) is 34.3 Å². The molecular weight excluding hydrogens is 516 g/mol. The monoisotopic (exact) mass is 547 g/mol. The Morgan fingerprint density at radius 3 is 2.68 bits per heavy atom. The van der Waals surface area contributed by atoms with E-state index in [0.29, 0.717) is 16.5 Å². The van der Waals surface area contributed by atoms with Crippen LogP contribution in [0.15, 0.2) is 83.9 Å². The van der Waals surface area contributed by atoms with Crippen molar-refractivity contribution in [3.05, 3.63) is 118 Å². The second-order valence-corrected chi connectivity index (χ2v) is 9.31. The maximum absolute atomic E-state index is 14.5. The Balaban J connectivity index is 1.58. The molecule has 6 rings (SSSR count). The molecule has 2 aromatic carbocycles. The lowest BCUT2D eigenvalue weighted by atomic mass is 10.0. The fourth-order valence-electron chi connectivity index (χ4n) is 4.61. The zero-order chi connectivity index (χ0) is 33.0. The highest BCUT2D eigenvalue weighted by atomic mass is 16.2. The first-order chi connectivity index (χ1) is 21.9. The van der Waals surface area contributed by atoms with Crippen LogP contribution in [0.4, 0.5) is 5.82 Å². The normalized spacial score (nSPS) is 13.5. The summed E-state index contributed by atoms with van der Waals surface area (Å²) in [5.41, 5.74) is 7.27. The minimum atomic E-state index is -0.937. The van der Waals surface area contributed by atoms with Gasteiger partial charge in [0, 0.05) is 36.4 Å². The van der Waals surface area contributed by atoms with Crippen LogP contribution >= 0.6 is 0 Å². The van der Waals surface area contributed by atoms with E-state index in [4.69, 9.17) is 12.6 Å². The van der Waals surface area contributed by atoms with Crippen molar-refractivity contribution in [2.24, 2.45) is 7.05 Å². The van der Waals surface area contributed by atoms with Gasteiger partial charge in [0.1, 0.15) is 5.56 Å². The number of fused-ring (bicyclic) bond motifs is 2. The van der Waals surface area contributed by atoms with Crippen LogP contribution in [0.2, 0.25) is 0 Å². The van der Waals surface area contributed by atoms with Gasteiger partial charge < -0.3 is 11.1 Å². The Kier molecular flexibility index (Phi) is 5.00. The van der Waals surface area contributed by atoms with Gasteiger partial charge in [-0.3, -0.25) is 18.8 Å². The average molecular weight is 548 g/mol. The van der Waals surface area contributed by atoms with Gasteiger partial charge >= 0.3 is 0 Å². The van der Waals surface area contributed by atoms with Crippen LogP contribution in [0.25, 0.3) is 22.1 Å². The lowest BCUT2D eigenvalue weighted by Gasteiger charge is -2.21. The van der Waals surface area contributed by atoms with E-state index in [0.717, 1.165) is 10.3 Å². The number of nitrogens with two attached hydrogens (primary N) is 1. The molecule has 0 unspecified atom stereocenters. The third kappa shape index (κ3) is 4.49. The molecule has 1 atom stereocenters. The first-order valence-corrected chi connectivity index (χ1v) is 12.6. The van der Waals surface area contributed by atoms with Crippen molar-refractivity contribution < 1.29 is 11.6 Å². The van der Waals surface area contributed by atoms with Crippen LogP contribution in [-0.2, 0) is 7.05 Å². The fraction of sp³-hybridized carbons (Fsp3) is 0.129. The molecule has 1 amide bonds. The van der Waals surface area contributed by atoms with Crippen LogP contribution in [0.3, 0.4) is 0 Å². The van der Waals surface area contributed by atoms with E-state index < -0.39 is 47.7 Å². The largest absolute Gasteiger partial charge is 0.381 e. The van der Waals surface area contributed by atoms with Crippen molar-refractivity contribution in [3.63, 3.8) is 0 Å². The number of hydrogen-bond acceptors (Lipinski definition) is 6. The third-order valence-electron chi connectivity index (χ3n) is 6.79. The smallest absolute Gasteiger partial charge is 0.264 e. The molecule has 4 aromatic heterocycles. The molecule has 41 heavy (non-hydrogen) atoms. The number of aryl methyl sites for hydroxylation is 1. The summed E-state index contributed by atoms with van der Waals surface area (Å²) in [4.78, 5) is 32.3. The summed E-state index contributed by atoms with van der Waals surface area (Å²) in [5.74, 6) is 5.41. The number of nitrogens with zero attached hydrogens (tertiary/aromatic N) is 6. The predicted molar refractivity (Wildman–Crippen MR) is 157 cm³/mol. The Labute approximate surface area is 242 Å². The van der Waals surface area contributed by atoms with Crippen molar-refractivity contribution in [1.29, 1.82) is 0 Å². The number of nitrogens with one attached hydrogen (secondary N) is 1. The maximum atomic E-state index is 14.5. The van der Waals surface area contributed by atoms with E-state index in [-0.39, 0.29) is 33.8 Å². The summed E-state index contributed by atoms with van der Waals surface area (Å²) >= 11 is 0. The molecule has 0 bridgehead atoms. The van der Waals surface area contributed by atoms with Gasteiger partial charge in [0.2, 0.25) is 0 Å². The Bertz CT molecular complexity index is 2340. The number of pyridine rings is 1. The molecule has 0 saturated carbocycles. The molecular formula is C31H26N8O2. The van der Waals surface area contributed by atoms with Crippen LogP contribution in [0.1, 0.15) is 52.7 Å². The number of carbonyl (C=O) groups is 1. The number of aromatic nitrogens is 6. The molecule has 202 valence electrons. The first-order valence-electron chi connectivity index (χ1n) is 15.1. The van der Waals surface area contributed by atoms with Crippen LogP contribution in [0.5, 0.6) is 0 Å². The first kappa shape index (κ1) is 20.2. The number of carbonyl (C=O) groups excluding carboxylic acids is 1. The van der Waals surface area contributed by atoms with Gasteiger partial charge in [-0.05, 0) is 49.5 Å². The minimum absolute atomic E-state index is 0.0215. The molecule has 0 saturated heterocycles. The van der Waals surface area contributed by atoms with Crippen LogP contribution in [-0.4, -0.2) is 34.9 Å². The average Bonchev–Trinajstić information content (AvgIpc) is 3.55. The van der Waals surface area contributed by atoms with E-state index in [1.54, 1.807) is 61.4 Å². The third-order valence-corrected chi connectivity index (χ3v) is 6.79. The second kappa shape index (κ2) is 10.1. The zero-order valence-electron chi connectivity index (χ0n) is 27.3. The zero-order valence-corrected chi connectivity index (χ0v) is 22.3. The van der Waals surface area contributed by atoms with Crippen molar-refractivity contribution in [3.8, 4) is 17.5 Å². The topological polar surface area (TPSA) is 125 Å². The molecule has 0 spiro atoms. The van der Waals surface area contributed by atoms with E-state index in [1.165, 1.54) is 10.7 Å². The quantitative estimate of drug-likeness (QED) is 0.325. The van der Waals surface area contributed by atoms with Crippen LogP contribution in [0, 0.1) is 18.8 Å². The summed E-state index contributed by atoms with van der Waals surface area (Å²) in [6.07, 6.45) is 4.70. The van der Waals surface area contributed by atoms with Crippen molar-refractivity contribution in [2.45, 2.75) is 19.9 Å². The highest BCUT2D eigenvalue weighted by molar-refractivity contribution is 6.04. The van der Waals surface area contributed by atoms with Gasteiger partial charge in [0.05, 0.1) is 35.7 Å². The van der Waals surface area contributed by atoms with Gasteiger partial charge in [0.25, 0.3) is 11.5 Å². The van der Waals surface area contributed by atoms with Gasteiger partial charge in [-0.1, -0.05) is 42.1 Å². The number of benzene rings is 2. The van der Waals surface area contributed by atoms with E-state index in [1.807, 2.05) is 6.92 Å². The molecule has 10 heteroatoms. The number of amides is 1. The fourth-order valence-corrected chi connectivity index (χ4v) is 4.61. The number of anilines is 1. The summed E-state index contributed by atoms with van der Waals surface area (Å²) < 4.78 is 46.1. The molecule has 0 aliphatic carbocycles. The summed E-state index contributed by atoms with van der Waals surface area (Å²) in [6, 6.07) is 4.42. The Morgan fingerprint density at radius 1 is 1.15 bits per heavy atom. The van der Waals surface area contributed by atoms with E-state index >= 15 is 0 Å². The summed E-state index contributed by atoms with van der Waals surface area (Å²) in [7, 11) is 1.79. The molecule has 10 nitrogen and oxygen atoms in total. The van der Waals surface area contributed by atoms with Crippen LogP contribution < -0.4 is 16.6 Å². The van der Waals surface area contributed by atoms with Gasteiger partial charge in [-0.15, -0.1) is 5.10 Å². The second-order valence-electron chi connectivity index (χ2n) is 9.31. The SMILES string of the molecule is [2H]c1c([2H])c([2H])c(-n2c([C@H](C)NC(=O)c3c(N)nn4cccnc34)cc3cccc(C#Cc4cnn(C)c4C)c3c2=O)c([2H])c1[2H].